The van der Waals surface area contributed by atoms with E-state index in [0.29, 0.717) is 18.6 Å². The van der Waals surface area contributed by atoms with Crippen LogP contribution in [0, 0.1) is 5.92 Å². The molecule has 1 saturated carbocycles. The number of nitrogens with zero attached hydrogens (tertiary/aromatic N) is 1. The van der Waals surface area contributed by atoms with E-state index in [-0.39, 0.29) is 18.0 Å². The molecule has 0 spiro atoms. The number of hydrogen-bond donors (Lipinski definition) is 1. The van der Waals surface area contributed by atoms with Crippen LogP contribution in [-0.4, -0.2) is 48.7 Å². The van der Waals surface area contributed by atoms with Gasteiger partial charge in [0.1, 0.15) is 0 Å². The minimum absolute atomic E-state index is 0.0455. The van der Waals surface area contributed by atoms with Gasteiger partial charge in [0.2, 0.25) is 5.91 Å². The third-order valence-electron chi connectivity index (χ3n) is 4.15. The predicted molar refractivity (Wildman–Crippen MR) is 76.0 cm³/mol. The second kappa shape index (κ2) is 6.71. The quantitative estimate of drug-likeness (QED) is 0.765. The Morgan fingerprint density at radius 3 is 2.68 bits per heavy atom. The lowest BCUT2D eigenvalue weighted by Gasteiger charge is -2.40. The van der Waals surface area contributed by atoms with Crippen molar-refractivity contribution in [3.63, 3.8) is 0 Å². The average Bonchev–Trinajstić information content (AvgIpc) is 3.17. The summed E-state index contributed by atoms with van der Waals surface area (Å²) in [6.45, 7) is 8.62. The van der Waals surface area contributed by atoms with Crippen LogP contribution in [0.15, 0.2) is 0 Å². The zero-order valence-corrected chi connectivity index (χ0v) is 12.5. The van der Waals surface area contributed by atoms with E-state index in [4.69, 9.17) is 4.74 Å². The summed E-state index contributed by atoms with van der Waals surface area (Å²) >= 11 is 0. The fourth-order valence-corrected chi connectivity index (χ4v) is 2.80. The molecule has 0 aromatic heterocycles. The van der Waals surface area contributed by atoms with Crippen LogP contribution >= 0.6 is 0 Å². The van der Waals surface area contributed by atoms with Gasteiger partial charge in [0, 0.05) is 19.2 Å². The standard InChI is InChI=1S/C15H28N2O2/c1-4-19-10-14(11(2)3)17-9-5-6-13(15(17)18)16-12-7-8-12/h11-14,16H,4-10H2,1-3H3. The van der Waals surface area contributed by atoms with Gasteiger partial charge in [0.05, 0.1) is 18.7 Å². The van der Waals surface area contributed by atoms with Crippen molar-refractivity contribution < 1.29 is 9.53 Å². The van der Waals surface area contributed by atoms with E-state index in [2.05, 4.69) is 24.1 Å². The molecule has 4 nitrogen and oxygen atoms in total. The third kappa shape index (κ3) is 3.93. The number of amides is 1. The van der Waals surface area contributed by atoms with Gasteiger partial charge in [-0.3, -0.25) is 4.79 Å². The smallest absolute Gasteiger partial charge is 0.240 e. The van der Waals surface area contributed by atoms with Crippen LogP contribution in [0.3, 0.4) is 0 Å². The Morgan fingerprint density at radius 2 is 2.11 bits per heavy atom. The molecule has 0 aromatic carbocycles. The maximum absolute atomic E-state index is 12.6. The summed E-state index contributed by atoms with van der Waals surface area (Å²) in [7, 11) is 0. The van der Waals surface area contributed by atoms with Gasteiger partial charge in [0.15, 0.2) is 0 Å². The normalized spacial score (nSPS) is 26.0. The molecule has 2 unspecified atom stereocenters. The third-order valence-corrected chi connectivity index (χ3v) is 4.15. The van der Waals surface area contributed by atoms with E-state index in [0.717, 1.165) is 26.0 Å². The van der Waals surface area contributed by atoms with Crippen molar-refractivity contribution in [1.29, 1.82) is 0 Å². The van der Waals surface area contributed by atoms with Crippen molar-refractivity contribution in [3.8, 4) is 0 Å². The lowest BCUT2D eigenvalue weighted by molar-refractivity contribution is -0.141. The molecule has 1 aliphatic heterocycles. The Labute approximate surface area is 116 Å². The minimum atomic E-state index is 0.0455. The highest BCUT2D eigenvalue weighted by atomic mass is 16.5. The Morgan fingerprint density at radius 1 is 1.37 bits per heavy atom. The first-order valence-corrected chi connectivity index (χ1v) is 7.77. The van der Waals surface area contributed by atoms with Gasteiger partial charge in [-0.25, -0.2) is 0 Å². The summed E-state index contributed by atoms with van der Waals surface area (Å²) < 4.78 is 5.57. The molecule has 2 rings (SSSR count). The molecule has 0 aromatic rings. The fourth-order valence-electron chi connectivity index (χ4n) is 2.80. The van der Waals surface area contributed by atoms with E-state index in [9.17, 15) is 4.79 Å². The van der Waals surface area contributed by atoms with Gasteiger partial charge in [0.25, 0.3) is 0 Å². The summed E-state index contributed by atoms with van der Waals surface area (Å²) in [5.74, 6) is 0.728. The first-order chi connectivity index (χ1) is 9.13. The highest BCUT2D eigenvalue weighted by molar-refractivity contribution is 5.83. The Kier molecular flexibility index (Phi) is 5.22. The summed E-state index contributed by atoms with van der Waals surface area (Å²) in [6, 6.07) is 0.860. The molecule has 0 radical (unpaired) electrons. The van der Waals surface area contributed by atoms with Crippen LogP contribution in [-0.2, 0) is 9.53 Å². The highest BCUT2D eigenvalue weighted by Crippen LogP contribution is 2.24. The number of piperidine rings is 1. The van der Waals surface area contributed by atoms with Gasteiger partial charge in [-0.1, -0.05) is 13.8 Å². The molecule has 0 bridgehead atoms. The summed E-state index contributed by atoms with van der Waals surface area (Å²) in [5, 5.41) is 3.49. The molecule has 2 fully saturated rings. The van der Waals surface area contributed by atoms with Crippen molar-refractivity contribution in [3.05, 3.63) is 0 Å². The zero-order chi connectivity index (χ0) is 13.8. The molecule has 1 saturated heterocycles. The van der Waals surface area contributed by atoms with Crippen molar-refractivity contribution >= 4 is 5.91 Å². The summed E-state index contributed by atoms with van der Waals surface area (Å²) in [5.41, 5.74) is 0. The maximum Gasteiger partial charge on any atom is 0.240 e. The van der Waals surface area contributed by atoms with Crippen LogP contribution < -0.4 is 5.32 Å². The van der Waals surface area contributed by atoms with E-state index >= 15 is 0 Å². The number of carbonyl (C=O) groups is 1. The number of nitrogens with one attached hydrogen (secondary N) is 1. The Balaban J connectivity index is 1.96. The van der Waals surface area contributed by atoms with Gasteiger partial charge in [-0.05, 0) is 38.5 Å². The van der Waals surface area contributed by atoms with E-state index in [1.54, 1.807) is 0 Å². The average molecular weight is 268 g/mol. The molecule has 1 aliphatic carbocycles. The van der Waals surface area contributed by atoms with Crippen LogP contribution in [0.5, 0.6) is 0 Å². The summed E-state index contributed by atoms with van der Waals surface area (Å²) in [6.07, 6.45) is 4.56. The van der Waals surface area contributed by atoms with Crippen molar-refractivity contribution in [2.45, 2.75) is 64.6 Å². The number of carbonyl (C=O) groups excluding carboxylic acids is 1. The van der Waals surface area contributed by atoms with Crippen molar-refractivity contribution in [1.82, 2.24) is 10.2 Å². The Hall–Kier alpha value is -0.610. The van der Waals surface area contributed by atoms with Gasteiger partial charge >= 0.3 is 0 Å². The summed E-state index contributed by atoms with van der Waals surface area (Å²) in [4.78, 5) is 14.7. The number of hydrogen-bond acceptors (Lipinski definition) is 3. The maximum atomic E-state index is 12.6. The molecule has 1 heterocycles. The first kappa shape index (κ1) is 14.8. The fraction of sp³-hybridized carbons (Fsp3) is 0.933. The highest BCUT2D eigenvalue weighted by Gasteiger charge is 2.36. The van der Waals surface area contributed by atoms with Gasteiger partial charge in [-0.2, -0.15) is 0 Å². The van der Waals surface area contributed by atoms with Crippen molar-refractivity contribution in [2.24, 2.45) is 5.92 Å². The van der Waals surface area contributed by atoms with Crippen LogP contribution in [0.2, 0.25) is 0 Å². The van der Waals surface area contributed by atoms with Gasteiger partial charge < -0.3 is 15.0 Å². The Bertz CT molecular complexity index is 303. The minimum Gasteiger partial charge on any atom is -0.380 e. The SMILES string of the molecule is CCOCC(C(C)C)N1CCCC(NC2CC2)C1=O. The molecule has 110 valence electrons. The molecule has 4 heteroatoms. The van der Waals surface area contributed by atoms with Crippen LogP contribution in [0.25, 0.3) is 0 Å². The number of rotatable bonds is 7. The van der Waals surface area contributed by atoms with Crippen LogP contribution in [0.1, 0.15) is 46.5 Å². The van der Waals surface area contributed by atoms with Crippen LogP contribution in [0.4, 0.5) is 0 Å². The number of ether oxygens (including phenoxy) is 1. The molecule has 2 aliphatic rings. The predicted octanol–water partition coefficient (Wildman–Crippen LogP) is 1.79. The second-order valence-corrected chi connectivity index (χ2v) is 6.14. The largest absolute Gasteiger partial charge is 0.380 e. The second-order valence-electron chi connectivity index (χ2n) is 6.14. The monoisotopic (exact) mass is 268 g/mol. The molecule has 1 N–H and O–H groups in total. The lowest BCUT2D eigenvalue weighted by Crippen LogP contribution is -2.56. The first-order valence-electron chi connectivity index (χ1n) is 7.77. The topological polar surface area (TPSA) is 41.6 Å². The molecule has 1 amide bonds. The molecule has 19 heavy (non-hydrogen) atoms. The lowest BCUT2D eigenvalue weighted by atomic mass is 9.97. The van der Waals surface area contributed by atoms with E-state index < -0.39 is 0 Å². The van der Waals surface area contributed by atoms with E-state index in [1.807, 2.05) is 6.92 Å². The van der Waals surface area contributed by atoms with Gasteiger partial charge in [-0.15, -0.1) is 0 Å². The zero-order valence-electron chi connectivity index (χ0n) is 12.5. The molecular weight excluding hydrogens is 240 g/mol. The van der Waals surface area contributed by atoms with Crippen molar-refractivity contribution in [2.75, 3.05) is 19.8 Å². The van der Waals surface area contributed by atoms with E-state index in [1.165, 1.54) is 12.8 Å². The number of likely N-dealkylation sites (tertiary alicyclic amines) is 1. The molecular formula is C15H28N2O2. The molecule has 2 atom stereocenters.